The van der Waals surface area contributed by atoms with Crippen molar-refractivity contribution in [1.82, 2.24) is 15.0 Å². The molecule has 0 unspecified atom stereocenters. The maximum atomic E-state index is 13.8. The maximum absolute atomic E-state index is 13.8. The van der Waals surface area contributed by atoms with Gasteiger partial charge in [0, 0.05) is 6.07 Å². The molecule has 0 aliphatic heterocycles. The Bertz CT molecular complexity index is 540. The molecular formula is C11H12FN3O2. The molecule has 0 atom stereocenters. The number of aliphatic hydroxyl groups is 1. The first-order chi connectivity index (χ1) is 8.17. The lowest BCUT2D eigenvalue weighted by atomic mass is 10.2. The predicted molar refractivity (Wildman–Crippen MR) is 58.5 cm³/mol. The quantitative estimate of drug-likeness (QED) is 0.871. The van der Waals surface area contributed by atoms with E-state index in [0.717, 1.165) is 0 Å². The Hall–Kier alpha value is -1.95. The molecule has 0 bridgehead atoms. The minimum Gasteiger partial charge on any atom is -0.497 e. The van der Waals surface area contributed by atoms with E-state index >= 15 is 0 Å². The number of nitrogens with zero attached hydrogens (tertiary/aromatic N) is 3. The second kappa shape index (κ2) is 4.50. The highest BCUT2D eigenvalue weighted by Crippen LogP contribution is 2.20. The van der Waals surface area contributed by atoms with E-state index in [0.29, 0.717) is 17.1 Å². The minimum absolute atomic E-state index is 0.219. The monoisotopic (exact) mass is 237 g/mol. The van der Waals surface area contributed by atoms with Crippen molar-refractivity contribution in [3.63, 3.8) is 0 Å². The summed E-state index contributed by atoms with van der Waals surface area (Å²) in [6.45, 7) is 1.50. The van der Waals surface area contributed by atoms with Gasteiger partial charge in [-0.05, 0) is 19.1 Å². The Balaban J connectivity index is 2.49. The summed E-state index contributed by atoms with van der Waals surface area (Å²) >= 11 is 0. The molecule has 6 heteroatoms. The summed E-state index contributed by atoms with van der Waals surface area (Å²) < 4.78 is 20.0. The van der Waals surface area contributed by atoms with Crippen molar-refractivity contribution < 1.29 is 14.2 Å². The molecule has 2 rings (SSSR count). The van der Waals surface area contributed by atoms with E-state index < -0.39 is 5.82 Å². The van der Waals surface area contributed by atoms with Gasteiger partial charge in [-0.25, -0.2) is 9.07 Å². The normalized spacial score (nSPS) is 10.6. The van der Waals surface area contributed by atoms with Gasteiger partial charge in [0.25, 0.3) is 0 Å². The number of hydrogen-bond acceptors (Lipinski definition) is 4. The number of benzene rings is 1. The molecule has 0 spiro atoms. The molecule has 0 radical (unpaired) electrons. The molecule has 90 valence electrons. The van der Waals surface area contributed by atoms with Crippen LogP contribution in [0.4, 0.5) is 4.39 Å². The smallest absolute Gasteiger partial charge is 0.152 e. The molecule has 1 aromatic carbocycles. The lowest BCUT2D eigenvalue weighted by Crippen LogP contribution is -2.03. The van der Waals surface area contributed by atoms with E-state index in [-0.39, 0.29) is 12.3 Å². The number of halogens is 1. The van der Waals surface area contributed by atoms with Crippen LogP contribution in [0.25, 0.3) is 5.69 Å². The molecule has 1 aromatic heterocycles. The van der Waals surface area contributed by atoms with Crippen molar-refractivity contribution in [3.8, 4) is 11.4 Å². The number of hydrogen-bond donors (Lipinski definition) is 1. The maximum Gasteiger partial charge on any atom is 0.152 e. The summed E-state index contributed by atoms with van der Waals surface area (Å²) in [5, 5.41) is 16.6. The van der Waals surface area contributed by atoms with E-state index in [9.17, 15) is 4.39 Å². The van der Waals surface area contributed by atoms with Crippen LogP contribution in [-0.4, -0.2) is 27.2 Å². The van der Waals surface area contributed by atoms with E-state index in [4.69, 9.17) is 9.84 Å². The summed E-state index contributed by atoms with van der Waals surface area (Å²) in [5.74, 6) is -0.0201. The zero-order valence-electron chi connectivity index (χ0n) is 9.51. The van der Waals surface area contributed by atoms with Gasteiger partial charge in [0.05, 0.1) is 19.4 Å². The standard InChI is InChI=1S/C11H12FN3O2/c1-7-10(6-16)13-14-15(7)11-4-3-8(17-2)5-9(11)12/h3-5,16H,6H2,1-2H3. The second-order valence-electron chi connectivity index (χ2n) is 3.51. The van der Waals surface area contributed by atoms with Crippen LogP contribution < -0.4 is 4.74 Å². The van der Waals surface area contributed by atoms with Crippen molar-refractivity contribution in [3.05, 3.63) is 35.4 Å². The predicted octanol–water partition coefficient (Wildman–Crippen LogP) is 1.22. The SMILES string of the molecule is COc1ccc(-n2nnc(CO)c2C)c(F)c1. The first-order valence-electron chi connectivity index (χ1n) is 5.03. The molecule has 0 amide bonds. The van der Waals surface area contributed by atoms with Crippen LogP contribution in [0.2, 0.25) is 0 Å². The summed E-state index contributed by atoms with van der Waals surface area (Å²) in [5.41, 5.74) is 1.31. The fourth-order valence-electron chi connectivity index (χ4n) is 1.52. The van der Waals surface area contributed by atoms with Crippen molar-refractivity contribution in [2.75, 3.05) is 7.11 Å². The third-order valence-electron chi connectivity index (χ3n) is 2.52. The van der Waals surface area contributed by atoms with Gasteiger partial charge in [0.2, 0.25) is 0 Å². The van der Waals surface area contributed by atoms with E-state index in [1.807, 2.05) is 0 Å². The Morgan fingerprint density at radius 1 is 1.47 bits per heavy atom. The van der Waals surface area contributed by atoms with Crippen LogP contribution in [0.15, 0.2) is 18.2 Å². The first-order valence-corrected chi connectivity index (χ1v) is 5.03. The van der Waals surface area contributed by atoms with E-state index in [1.54, 1.807) is 19.1 Å². The van der Waals surface area contributed by atoms with E-state index in [1.165, 1.54) is 17.9 Å². The minimum atomic E-state index is -0.457. The zero-order chi connectivity index (χ0) is 12.4. The van der Waals surface area contributed by atoms with Crippen molar-refractivity contribution in [2.45, 2.75) is 13.5 Å². The molecule has 2 aromatic rings. The summed E-state index contributed by atoms with van der Waals surface area (Å²) in [6, 6.07) is 4.46. The zero-order valence-corrected chi connectivity index (χ0v) is 9.51. The van der Waals surface area contributed by atoms with Crippen LogP contribution in [-0.2, 0) is 6.61 Å². The largest absolute Gasteiger partial charge is 0.497 e. The summed E-state index contributed by atoms with van der Waals surface area (Å²) in [6.07, 6.45) is 0. The summed E-state index contributed by atoms with van der Waals surface area (Å²) in [4.78, 5) is 0. The highest BCUT2D eigenvalue weighted by atomic mass is 19.1. The van der Waals surface area contributed by atoms with Crippen molar-refractivity contribution >= 4 is 0 Å². The summed E-state index contributed by atoms with van der Waals surface area (Å²) in [7, 11) is 1.47. The van der Waals surface area contributed by atoms with Gasteiger partial charge in [0.1, 0.15) is 17.1 Å². The molecule has 0 aliphatic carbocycles. The van der Waals surface area contributed by atoms with Crippen LogP contribution in [0.3, 0.4) is 0 Å². The lowest BCUT2D eigenvalue weighted by molar-refractivity contribution is 0.276. The first kappa shape index (κ1) is 11.5. The Kier molecular flexibility index (Phi) is 3.06. The average Bonchev–Trinajstić information content (AvgIpc) is 2.70. The van der Waals surface area contributed by atoms with E-state index in [2.05, 4.69) is 10.3 Å². The molecule has 1 heterocycles. The van der Waals surface area contributed by atoms with Gasteiger partial charge in [-0.15, -0.1) is 5.10 Å². The topological polar surface area (TPSA) is 60.2 Å². The van der Waals surface area contributed by atoms with Crippen LogP contribution in [0.1, 0.15) is 11.4 Å². The molecule has 0 aliphatic rings. The fraction of sp³-hybridized carbons (Fsp3) is 0.273. The van der Waals surface area contributed by atoms with Gasteiger partial charge >= 0.3 is 0 Å². The van der Waals surface area contributed by atoms with Gasteiger partial charge in [-0.3, -0.25) is 0 Å². The number of ether oxygens (including phenoxy) is 1. The third-order valence-corrected chi connectivity index (χ3v) is 2.52. The highest BCUT2D eigenvalue weighted by Gasteiger charge is 2.13. The molecule has 5 nitrogen and oxygen atoms in total. The van der Waals surface area contributed by atoms with Crippen LogP contribution in [0.5, 0.6) is 5.75 Å². The molecule has 0 saturated heterocycles. The van der Waals surface area contributed by atoms with Gasteiger partial charge in [0.15, 0.2) is 5.82 Å². The fourth-order valence-corrected chi connectivity index (χ4v) is 1.52. The third kappa shape index (κ3) is 1.99. The average molecular weight is 237 g/mol. The van der Waals surface area contributed by atoms with Gasteiger partial charge in [-0.2, -0.15) is 0 Å². The van der Waals surface area contributed by atoms with Gasteiger partial charge in [-0.1, -0.05) is 5.21 Å². The highest BCUT2D eigenvalue weighted by molar-refractivity contribution is 5.39. The Morgan fingerprint density at radius 2 is 2.24 bits per heavy atom. The Labute approximate surface area is 97.5 Å². The molecule has 17 heavy (non-hydrogen) atoms. The van der Waals surface area contributed by atoms with Crippen molar-refractivity contribution in [2.24, 2.45) is 0 Å². The number of rotatable bonds is 3. The number of aromatic nitrogens is 3. The molecule has 1 N–H and O–H groups in total. The Morgan fingerprint density at radius 3 is 2.76 bits per heavy atom. The molecule has 0 saturated carbocycles. The molecular weight excluding hydrogens is 225 g/mol. The number of aliphatic hydroxyl groups excluding tert-OH is 1. The molecule has 0 fully saturated rings. The lowest BCUT2D eigenvalue weighted by Gasteiger charge is -2.06. The van der Waals surface area contributed by atoms with Crippen LogP contribution in [0, 0.1) is 12.7 Å². The second-order valence-corrected chi connectivity index (χ2v) is 3.51. The van der Waals surface area contributed by atoms with Crippen LogP contribution >= 0.6 is 0 Å². The number of methoxy groups -OCH3 is 1. The van der Waals surface area contributed by atoms with Crippen molar-refractivity contribution in [1.29, 1.82) is 0 Å². The van der Waals surface area contributed by atoms with Gasteiger partial charge < -0.3 is 9.84 Å².